The number of carbonyl (C=O) groups is 1. The quantitative estimate of drug-likeness (QED) is 0.357. The number of hydrogen-bond donors (Lipinski definition) is 3. The number of anilines is 1. The molecule has 1 aromatic rings. The molecule has 1 unspecified atom stereocenters. The summed E-state index contributed by atoms with van der Waals surface area (Å²) in [4.78, 5) is 16.0. The summed E-state index contributed by atoms with van der Waals surface area (Å²) in [6.07, 6.45) is 3.37. The second-order valence-corrected chi connectivity index (χ2v) is 5.83. The van der Waals surface area contributed by atoms with E-state index in [0.29, 0.717) is 19.2 Å². The van der Waals surface area contributed by atoms with Crippen molar-refractivity contribution in [3.8, 4) is 0 Å². The predicted octanol–water partition coefficient (Wildman–Crippen LogP) is 1.38. The first-order chi connectivity index (χ1) is 12.3. The third-order valence-corrected chi connectivity index (χ3v) is 3.78. The van der Waals surface area contributed by atoms with Gasteiger partial charge in [0.1, 0.15) is 0 Å². The first-order valence-corrected chi connectivity index (χ1v) is 8.76. The number of guanidine groups is 1. The molecule has 1 aliphatic rings. The van der Waals surface area contributed by atoms with Crippen molar-refractivity contribution < 1.29 is 14.3 Å². The predicted molar refractivity (Wildman–Crippen MR) is 98.8 cm³/mol. The highest BCUT2D eigenvalue weighted by atomic mass is 16.5. The summed E-state index contributed by atoms with van der Waals surface area (Å²) >= 11 is 0. The van der Waals surface area contributed by atoms with Gasteiger partial charge in [-0.05, 0) is 31.4 Å². The number of nitrogens with zero attached hydrogens (tertiary/aromatic N) is 1. The molecule has 1 saturated heterocycles. The van der Waals surface area contributed by atoms with E-state index < -0.39 is 0 Å². The van der Waals surface area contributed by atoms with Crippen LogP contribution >= 0.6 is 0 Å². The molecule has 0 saturated carbocycles. The van der Waals surface area contributed by atoms with Gasteiger partial charge >= 0.3 is 0 Å². The number of benzene rings is 1. The van der Waals surface area contributed by atoms with E-state index in [-0.39, 0.29) is 18.6 Å². The number of carbonyl (C=O) groups excluding carboxylic acids is 1. The Bertz CT molecular complexity index is 530. The van der Waals surface area contributed by atoms with Crippen LogP contribution in [-0.4, -0.2) is 57.9 Å². The van der Waals surface area contributed by atoms with Crippen LogP contribution in [0.3, 0.4) is 0 Å². The summed E-state index contributed by atoms with van der Waals surface area (Å²) < 4.78 is 11.1. The Morgan fingerprint density at radius 2 is 2.16 bits per heavy atom. The van der Waals surface area contributed by atoms with Gasteiger partial charge in [-0.15, -0.1) is 0 Å². The van der Waals surface area contributed by atoms with Crippen LogP contribution in [0.5, 0.6) is 0 Å². The van der Waals surface area contributed by atoms with E-state index >= 15 is 0 Å². The van der Waals surface area contributed by atoms with Crippen molar-refractivity contribution in [2.75, 3.05) is 45.3 Å². The lowest BCUT2D eigenvalue weighted by Crippen LogP contribution is -2.41. The molecule has 1 aliphatic heterocycles. The van der Waals surface area contributed by atoms with Crippen molar-refractivity contribution in [1.29, 1.82) is 0 Å². The maximum Gasteiger partial charge on any atom is 0.243 e. The summed E-state index contributed by atoms with van der Waals surface area (Å²) in [5.74, 6) is 0.483. The Kier molecular flexibility index (Phi) is 8.79. The fraction of sp³-hybridized carbons (Fsp3) is 0.556. The minimum absolute atomic E-state index is 0.117. The highest BCUT2D eigenvalue weighted by Crippen LogP contribution is 2.11. The maximum atomic E-state index is 11.9. The normalized spacial score (nSPS) is 17.3. The average molecular weight is 348 g/mol. The van der Waals surface area contributed by atoms with Gasteiger partial charge in [0, 0.05) is 32.5 Å². The Morgan fingerprint density at radius 1 is 1.32 bits per heavy atom. The molecule has 0 aromatic heterocycles. The Balaban J connectivity index is 1.52. The Labute approximate surface area is 149 Å². The van der Waals surface area contributed by atoms with Gasteiger partial charge in [0.25, 0.3) is 0 Å². The summed E-state index contributed by atoms with van der Waals surface area (Å²) in [5, 5.41) is 8.97. The topological polar surface area (TPSA) is 84.0 Å². The maximum absolute atomic E-state index is 11.9. The zero-order valence-corrected chi connectivity index (χ0v) is 14.8. The Morgan fingerprint density at radius 3 is 2.88 bits per heavy atom. The van der Waals surface area contributed by atoms with Crippen LogP contribution in [0, 0.1) is 0 Å². The summed E-state index contributed by atoms with van der Waals surface area (Å²) in [7, 11) is 1.68. The van der Waals surface area contributed by atoms with Gasteiger partial charge in [-0.1, -0.05) is 18.2 Å². The molecule has 1 atom stereocenters. The van der Waals surface area contributed by atoms with E-state index in [1.54, 1.807) is 7.05 Å². The molecule has 7 heteroatoms. The largest absolute Gasteiger partial charge is 0.379 e. The number of hydrogen-bond acceptors (Lipinski definition) is 4. The molecule has 1 heterocycles. The lowest BCUT2D eigenvalue weighted by atomic mass is 10.2. The monoisotopic (exact) mass is 348 g/mol. The molecule has 0 radical (unpaired) electrons. The number of para-hydroxylation sites is 1. The standard InChI is InChI=1S/C18H28N4O3/c1-19-18(20-10-6-11-24-14-16-9-5-12-25-16)21-13-17(23)22-15-7-3-2-4-8-15/h2-4,7-8,16H,5-6,9-14H2,1H3,(H,22,23)(H2,19,20,21). The number of aliphatic imine (C=N–C) groups is 1. The molecule has 138 valence electrons. The lowest BCUT2D eigenvalue weighted by Gasteiger charge is -2.13. The van der Waals surface area contributed by atoms with Gasteiger partial charge in [0.05, 0.1) is 19.3 Å². The van der Waals surface area contributed by atoms with Gasteiger partial charge in [-0.25, -0.2) is 0 Å². The first kappa shape index (κ1) is 19.2. The molecule has 1 amide bonds. The van der Waals surface area contributed by atoms with Crippen molar-refractivity contribution >= 4 is 17.6 Å². The van der Waals surface area contributed by atoms with E-state index in [2.05, 4.69) is 20.9 Å². The first-order valence-electron chi connectivity index (χ1n) is 8.76. The molecule has 0 spiro atoms. The average Bonchev–Trinajstić information content (AvgIpc) is 3.15. The van der Waals surface area contributed by atoms with Crippen LogP contribution in [0.2, 0.25) is 0 Å². The molecular formula is C18H28N4O3. The van der Waals surface area contributed by atoms with E-state index in [1.165, 1.54) is 0 Å². The van der Waals surface area contributed by atoms with Gasteiger partial charge in [-0.2, -0.15) is 0 Å². The van der Waals surface area contributed by atoms with E-state index in [1.807, 2.05) is 30.3 Å². The zero-order valence-electron chi connectivity index (χ0n) is 14.8. The molecule has 0 aliphatic carbocycles. The molecule has 2 rings (SSSR count). The van der Waals surface area contributed by atoms with Crippen LogP contribution in [0.4, 0.5) is 5.69 Å². The minimum atomic E-state index is -0.117. The molecular weight excluding hydrogens is 320 g/mol. The molecule has 0 bridgehead atoms. The fourth-order valence-electron chi connectivity index (χ4n) is 2.48. The summed E-state index contributed by atoms with van der Waals surface area (Å²) in [6, 6.07) is 9.36. The molecule has 3 N–H and O–H groups in total. The van der Waals surface area contributed by atoms with Crippen molar-refractivity contribution in [2.45, 2.75) is 25.4 Å². The van der Waals surface area contributed by atoms with Gasteiger partial charge in [-0.3, -0.25) is 9.79 Å². The van der Waals surface area contributed by atoms with Crippen LogP contribution in [0.1, 0.15) is 19.3 Å². The van der Waals surface area contributed by atoms with E-state index in [4.69, 9.17) is 9.47 Å². The zero-order chi connectivity index (χ0) is 17.7. The number of nitrogens with one attached hydrogen (secondary N) is 3. The van der Waals surface area contributed by atoms with Gasteiger partial charge in [0.2, 0.25) is 5.91 Å². The second kappa shape index (κ2) is 11.4. The Hall–Kier alpha value is -2.12. The fourth-order valence-corrected chi connectivity index (χ4v) is 2.48. The van der Waals surface area contributed by atoms with Gasteiger partial charge < -0.3 is 25.4 Å². The summed E-state index contributed by atoms with van der Waals surface area (Å²) in [5.41, 5.74) is 0.778. The van der Waals surface area contributed by atoms with E-state index in [0.717, 1.165) is 38.1 Å². The molecule has 1 fully saturated rings. The number of rotatable bonds is 9. The van der Waals surface area contributed by atoms with Crippen LogP contribution in [0.15, 0.2) is 35.3 Å². The highest BCUT2D eigenvalue weighted by molar-refractivity contribution is 5.94. The minimum Gasteiger partial charge on any atom is -0.379 e. The number of amides is 1. The molecule has 1 aromatic carbocycles. The third-order valence-electron chi connectivity index (χ3n) is 3.78. The second-order valence-electron chi connectivity index (χ2n) is 5.83. The van der Waals surface area contributed by atoms with Crippen molar-refractivity contribution in [3.63, 3.8) is 0 Å². The van der Waals surface area contributed by atoms with Crippen molar-refractivity contribution in [3.05, 3.63) is 30.3 Å². The van der Waals surface area contributed by atoms with Gasteiger partial charge in [0.15, 0.2) is 5.96 Å². The van der Waals surface area contributed by atoms with Crippen molar-refractivity contribution in [1.82, 2.24) is 10.6 Å². The van der Waals surface area contributed by atoms with E-state index in [9.17, 15) is 4.79 Å². The van der Waals surface area contributed by atoms with Crippen LogP contribution < -0.4 is 16.0 Å². The SMILES string of the molecule is CN=C(NCCCOCC1CCCO1)NCC(=O)Nc1ccccc1. The smallest absolute Gasteiger partial charge is 0.243 e. The van der Waals surface area contributed by atoms with Crippen LogP contribution in [0.25, 0.3) is 0 Å². The van der Waals surface area contributed by atoms with Crippen molar-refractivity contribution in [2.24, 2.45) is 4.99 Å². The van der Waals surface area contributed by atoms with Crippen LogP contribution in [-0.2, 0) is 14.3 Å². The highest BCUT2D eigenvalue weighted by Gasteiger charge is 2.14. The molecule has 25 heavy (non-hydrogen) atoms. The number of ether oxygens (including phenoxy) is 2. The third kappa shape index (κ3) is 8.00. The summed E-state index contributed by atoms with van der Waals surface area (Å²) in [6.45, 7) is 3.09. The lowest BCUT2D eigenvalue weighted by molar-refractivity contribution is -0.115. The molecule has 7 nitrogen and oxygen atoms in total.